The van der Waals surface area contributed by atoms with E-state index in [0.29, 0.717) is 18.0 Å². The van der Waals surface area contributed by atoms with E-state index in [0.717, 1.165) is 17.1 Å². The van der Waals surface area contributed by atoms with E-state index >= 15 is 0 Å². The summed E-state index contributed by atoms with van der Waals surface area (Å²) in [5, 5.41) is 0.679. The van der Waals surface area contributed by atoms with Gasteiger partial charge in [0.25, 0.3) is 0 Å². The van der Waals surface area contributed by atoms with Crippen molar-refractivity contribution in [2.75, 3.05) is 23.4 Å². The predicted octanol–water partition coefficient (Wildman–Crippen LogP) is 3.84. The minimum atomic E-state index is 0.101. The summed E-state index contributed by atoms with van der Waals surface area (Å²) in [4.78, 5) is 16.3. The van der Waals surface area contributed by atoms with Crippen LogP contribution in [0, 0.1) is 0 Å². The highest BCUT2D eigenvalue weighted by Gasteiger charge is 2.25. The molecule has 1 heterocycles. The number of halogens is 1. The fourth-order valence-corrected chi connectivity index (χ4v) is 2.65. The molecule has 0 bridgehead atoms. The van der Waals surface area contributed by atoms with Crippen LogP contribution in [-0.2, 0) is 4.79 Å². The van der Waals surface area contributed by atoms with E-state index in [9.17, 15) is 4.79 Å². The molecule has 0 aromatic heterocycles. The first-order valence-corrected chi connectivity index (χ1v) is 6.93. The Morgan fingerprint density at radius 2 is 1.80 bits per heavy atom. The van der Waals surface area contributed by atoms with Crippen LogP contribution in [0.4, 0.5) is 17.1 Å². The Labute approximate surface area is 123 Å². The maximum atomic E-state index is 12.5. The zero-order chi connectivity index (χ0) is 14.1. The van der Waals surface area contributed by atoms with E-state index in [1.165, 1.54) is 0 Å². The molecule has 1 aliphatic rings. The van der Waals surface area contributed by atoms with Gasteiger partial charge in [0.2, 0.25) is 5.91 Å². The molecule has 3 nitrogen and oxygen atoms in total. The van der Waals surface area contributed by atoms with Crippen LogP contribution >= 0.6 is 11.6 Å². The summed E-state index contributed by atoms with van der Waals surface area (Å²) in [6.45, 7) is 0.690. The van der Waals surface area contributed by atoms with Crippen LogP contribution in [0.3, 0.4) is 0 Å². The van der Waals surface area contributed by atoms with Gasteiger partial charge in [-0.2, -0.15) is 0 Å². The molecule has 0 spiro atoms. The first kappa shape index (κ1) is 13.0. The molecule has 0 fully saturated rings. The van der Waals surface area contributed by atoms with Crippen molar-refractivity contribution >= 4 is 34.6 Å². The monoisotopic (exact) mass is 286 g/mol. The molecule has 102 valence electrons. The fraction of sp³-hybridized carbons (Fsp3) is 0.188. The Morgan fingerprint density at radius 1 is 1.05 bits per heavy atom. The van der Waals surface area contributed by atoms with Crippen LogP contribution in [0.5, 0.6) is 0 Å². The van der Waals surface area contributed by atoms with Gasteiger partial charge in [-0.05, 0) is 30.3 Å². The van der Waals surface area contributed by atoms with Crippen molar-refractivity contribution in [2.45, 2.75) is 6.42 Å². The lowest BCUT2D eigenvalue weighted by atomic mass is 10.2. The minimum Gasteiger partial charge on any atom is -0.372 e. The second-order valence-corrected chi connectivity index (χ2v) is 5.31. The molecule has 0 radical (unpaired) electrons. The van der Waals surface area contributed by atoms with Crippen molar-refractivity contribution in [3.8, 4) is 0 Å². The highest BCUT2D eigenvalue weighted by atomic mass is 35.5. The highest BCUT2D eigenvalue weighted by molar-refractivity contribution is 6.31. The van der Waals surface area contributed by atoms with E-state index in [1.54, 1.807) is 4.90 Å². The third kappa shape index (κ3) is 2.25. The van der Waals surface area contributed by atoms with Crippen molar-refractivity contribution in [3.63, 3.8) is 0 Å². The number of benzene rings is 2. The van der Waals surface area contributed by atoms with E-state index in [1.807, 2.05) is 55.6 Å². The summed E-state index contributed by atoms with van der Waals surface area (Å²) in [7, 11) is 1.98. The number of hydrogen-bond acceptors (Lipinski definition) is 2. The summed E-state index contributed by atoms with van der Waals surface area (Å²) in [6, 6.07) is 15.3. The van der Waals surface area contributed by atoms with Gasteiger partial charge in [0.05, 0.1) is 11.4 Å². The molecular weight excluding hydrogens is 272 g/mol. The van der Waals surface area contributed by atoms with Gasteiger partial charge in [-0.1, -0.05) is 29.8 Å². The zero-order valence-corrected chi connectivity index (χ0v) is 12.0. The summed E-state index contributed by atoms with van der Waals surface area (Å²) in [5.74, 6) is 0.101. The second kappa shape index (κ2) is 5.17. The topological polar surface area (TPSA) is 23.6 Å². The van der Waals surface area contributed by atoms with Crippen molar-refractivity contribution in [1.29, 1.82) is 0 Å². The number of para-hydroxylation sites is 1. The van der Waals surface area contributed by atoms with Gasteiger partial charge in [-0.15, -0.1) is 0 Å². The summed E-state index contributed by atoms with van der Waals surface area (Å²) in [5.41, 5.74) is 2.74. The Kier molecular flexibility index (Phi) is 3.36. The van der Waals surface area contributed by atoms with Crippen LogP contribution in [0.2, 0.25) is 5.02 Å². The SMILES string of the molecule is CN1CCC(=O)N(c2ccccc2)c2ccc(Cl)cc21. The van der Waals surface area contributed by atoms with E-state index in [-0.39, 0.29) is 5.91 Å². The molecular formula is C16H15ClN2O. The first-order chi connectivity index (χ1) is 9.66. The van der Waals surface area contributed by atoms with E-state index < -0.39 is 0 Å². The lowest BCUT2D eigenvalue weighted by Crippen LogP contribution is -2.25. The number of amides is 1. The Morgan fingerprint density at radius 3 is 2.55 bits per heavy atom. The number of fused-ring (bicyclic) bond motifs is 1. The van der Waals surface area contributed by atoms with Gasteiger partial charge in [0.15, 0.2) is 0 Å². The molecule has 0 saturated heterocycles. The maximum Gasteiger partial charge on any atom is 0.233 e. The third-order valence-electron chi connectivity index (χ3n) is 3.51. The Hall–Kier alpha value is -2.00. The van der Waals surface area contributed by atoms with Gasteiger partial charge in [0.1, 0.15) is 0 Å². The standard InChI is InChI=1S/C16H15ClN2O/c1-18-10-9-16(20)19(13-5-3-2-4-6-13)14-8-7-12(17)11-15(14)18/h2-8,11H,9-10H2,1H3. The van der Waals surface area contributed by atoms with Gasteiger partial charge < -0.3 is 4.90 Å². The second-order valence-electron chi connectivity index (χ2n) is 4.87. The van der Waals surface area contributed by atoms with Crippen LogP contribution in [0.1, 0.15) is 6.42 Å². The molecule has 0 saturated carbocycles. The van der Waals surface area contributed by atoms with Crippen molar-refractivity contribution in [1.82, 2.24) is 0 Å². The van der Waals surface area contributed by atoms with Crippen LogP contribution in [-0.4, -0.2) is 19.5 Å². The Bertz CT molecular complexity index is 642. The fourth-order valence-electron chi connectivity index (χ4n) is 2.48. The average molecular weight is 287 g/mol. The number of anilines is 3. The summed E-state index contributed by atoms with van der Waals surface area (Å²) < 4.78 is 0. The quantitative estimate of drug-likeness (QED) is 0.795. The van der Waals surface area contributed by atoms with E-state index in [4.69, 9.17) is 11.6 Å². The van der Waals surface area contributed by atoms with Crippen molar-refractivity contribution in [3.05, 3.63) is 53.6 Å². The molecule has 0 atom stereocenters. The molecule has 4 heteroatoms. The summed E-state index contributed by atoms with van der Waals surface area (Å²) >= 11 is 6.10. The average Bonchev–Trinajstić information content (AvgIpc) is 2.58. The smallest absolute Gasteiger partial charge is 0.233 e. The van der Waals surface area contributed by atoms with Crippen LogP contribution in [0.25, 0.3) is 0 Å². The van der Waals surface area contributed by atoms with Gasteiger partial charge >= 0.3 is 0 Å². The number of hydrogen-bond donors (Lipinski definition) is 0. The van der Waals surface area contributed by atoms with E-state index in [2.05, 4.69) is 4.90 Å². The van der Waals surface area contributed by atoms with Gasteiger partial charge in [0, 0.05) is 30.7 Å². The summed E-state index contributed by atoms with van der Waals surface area (Å²) in [6.07, 6.45) is 0.484. The van der Waals surface area contributed by atoms with Gasteiger partial charge in [-0.25, -0.2) is 0 Å². The first-order valence-electron chi connectivity index (χ1n) is 6.55. The molecule has 2 aromatic rings. The largest absolute Gasteiger partial charge is 0.372 e. The molecule has 0 N–H and O–H groups in total. The zero-order valence-electron chi connectivity index (χ0n) is 11.2. The molecule has 1 aliphatic heterocycles. The lowest BCUT2D eigenvalue weighted by Gasteiger charge is -2.24. The third-order valence-corrected chi connectivity index (χ3v) is 3.75. The molecule has 20 heavy (non-hydrogen) atoms. The minimum absolute atomic E-state index is 0.101. The Balaban J connectivity index is 2.18. The van der Waals surface area contributed by atoms with Crippen LogP contribution < -0.4 is 9.80 Å². The highest BCUT2D eigenvalue weighted by Crippen LogP contribution is 2.38. The number of rotatable bonds is 1. The molecule has 0 unspecified atom stereocenters. The normalized spacial score (nSPS) is 15.0. The molecule has 2 aromatic carbocycles. The molecule has 0 aliphatic carbocycles. The number of carbonyl (C=O) groups is 1. The molecule has 1 amide bonds. The molecule has 3 rings (SSSR count). The predicted molar refractivity (Wildman–Crippen MR) is 82.9 cm³/mol. The van der Waals surface area contributed by atoms with Crippen molar-refractivity contribution < 1.29 is 4.79 Å². The maximum absolute atomic E-state index is 12.5. The van der Waals surface area contributed by atoms with Crippen LogP contribution in [0.15, 0.2) is 48.5 Å². The number of nitrogens with zero attached hydrogens (tertiary/aromatic N) is 2. The van der Waals surface area contributed by atoms with Crippen molar-refractivity contribution in [2.24, 2.45) is 0 Å². The number of carbonyl (C=O) groups excluding carboxylic acids is 1. The van der Waals surface area contributed by atoms with Gasteiger partial charge in [-0.3, -0.25) is 9.69 Å². The lowest BCUT2D eigenvalue weighted by molar-refractivity contribution is -0.117.